The molecule has 2 aromatic heterocycles. The van der Waals surface area contributed by atoms with Crippen molar-refractivity contribution in [2.45, 2.75) is 0 Å². The monoisotopic (exact) mass is 360 g/mol. The molecule has 2 heterocycles. The highest BCUT2D eigenvalue weighted by atomic mass is 35.5. The highest BCUT2D eigenvalue weighted by molar-refractivity contribution is 6.43. The molecule has 0 atom stereocenters. The van der Waals surface area contributed by atoms with Crippen LogP contribution in [0.2, 0.25) is 10.0 Å². The molecule has 24 heavy (non-hydrogen) atoms. The van der Waals surface area contributed by atoms with E-state index in [-0.39, 0.29) is 5.69 Å². The zero-order chi connectivity index (χ0) is 16.9. The molecule has 1 aromatic carbocycles. The third-order valence-corrected chi connectivity index (χ3v) is 3.82. The molecular formula is C16H10Cl2N4O2. The van der Waals surface area contributed by atoms with Gasteiger partial charge in [0.15, 0.2) is 0 Å². The first-order chi connectivity index (χ1) is 11.6. The Labute approximate surface area is 147 Å². The van der Waals surface area contributed by atoms with E-state index in [1.165, 1.54) is 24.8 Å². The first-order valence-electron chi connectivity index (χ1n) is 6.79. The minimum atomic E-state index is -0.469. The number of aromatic nitrogens is 2. The number of benzene rings is 1. The van der Waals surface area contributed by atoms with Crippen LogP contribution in [0.5, 0.6) is 0 Å². The second kappa shape index (κ2) is 7.25. The van der Waals surface area contributed by atoms with Crippen molar-refractivity contribution in [2.24, 2.45) is 5.10 Å². The lowest BCUT2D eigenvalue weighted by atomic mass is 10.2. The molecule has 8 heteroatoms. The van der Waals surface area contributed by atoms with E-state index >= 15 is 0 Å². The number of hydrazone groups is 1. The fourth-order valence-corrected chi connectivity index (χ4v) is 2.28. The molecule has 6 nitrogen and oxygen atoms in total. The standard InChI is InChI=1S/C16H10Cl2N4O2/c17-12-3-1-2-11(15(12)18)14-5-4-10(24-14)8-21-22-16(23)13-9-19-6-7-20-13/h1-9H,(H,22,23)/b21-8-. The number of amides is 1. The van der Waals surface area contributed by atoms with Gasteiger partial charge in [-0.3, -0.25) is 9.78 Å². The first-order valence-corrected chi connectivity index (χ1v) is 7.54. The lowest BCUT2D eigenvalue weighted by Crippen LogP contribution is -2.18. The van der Waals surface area contributed by atoms with Crippen molar-refractivity contribution in [1.82, 2.24) is 15.4 Å². The Bertz CT molecular complexity index is 894. The third-order valence-electron chi connectivity index (χ3n) is 3.00. The molecule has 0 aliphatic rings. The van der Waals surface area contributed by atoms with Crippen molar-refractivity contribution < 1.29 is 9.21 Å². The van der Waals surface area contributed by atoms with E-state index in [0.717, 1.165) is 0 Å². The maximum absolute atomic E-state index is 11.8. The summed E-state index contributed by atoms with van der Waals surface area (Å²) in [5.74, 6) is 0.522. The minimum Gasteiger partial charge on any atom is -0.455 e. The van der Waals surface area contributed by atoms with Crippen LogP contribution in [0.4, 0.5) is 0 Å². The first kappa shape index (κ1) is 16.2. The smallest absolute Gasteiger partial charge is 0.291 e. The molecule has 1 amide bonds. The Morgan fingerprint density at radius 3 is 2.88 bits per heavy atom. The zero-order valence-corrected chi connectivity index (χ0v) is 13.6. The van der Waals surface area contributed by atoms with Crippen LogP contribution in [0.3, 0.4) is 0 Å². The summed E-state index contributed by atoms with van der Waals surface area (Å²) in [4.78, 5) is 19.4. The van der Waals surface area contributed by atoms with Crippen molar-refractivity contribution in [2.75, 3.05) is 0 Å². The highest BCUT2D eigenvalue weighted by Gasteiger charge is 2.10. The largest absolute Gasteiger partial charge is 0.455 e. The van der Waals surface area contributed by atoms with Gasteiger partial charge in [0.05, 0.1) is 22.5 Å². The molecule has 0 saturated carbocycles. The van der Waals surface area contributed by atoms with Crippen LogP contribution in [-0.4, -0.2) is 22.1 Å². The highest BCUT2D eigenvalue weighted by Crippen LogP contribution is 2.34. The SMILES string of the molecule is O=C(N/N=C\c1ccc(-c2cccc(Cl)c2Cl)o1)c1cnccn1. The van der Waals surface area contributed by atoms with Gasteiger partial charge in [-0.15, -0.1) is 0 Å². The Balaban J connectivity index is 1.70. The molecule has 0 spiro atoms. The summed E-state index contributed by atoms with van der Waals surface area (Å²) >= 11 is 12.1. The molecule has 0 unspecified atom stereocenters. The minimum absolute atomic E-state index is 0.167. The zero-order valence-electron chi connectivity index (χ0n) is 12.1. The van der Waals surface area contributed by atoms with Gasteiger partial charge in [0.2, 0.25) is 0 Å². The molecule has 0 fully saturated rings. The Hall–Kier alpha value is -2.70. The Kier molecular flexibility index (Phi) is 4.88. The van der Waals surface area contributed by atoms with Crippen LogP contribution in [0, 0.1) is 0 Å². The van der Waals surface area contributed by atoms with E-state index in [2.05, 4.69) is 20.5 Å². The number of hydrogen-bond donors (Lipinski definition) is 1. The molecule has 0 radical (unpaired) electrons. The van der Waals surface area contributed by atoms with Crippen molar-refractivity contribution in [1.29, 1.82) is 0 Å². The van der Waals surface area contributed by atoms with Crippen LogP contribution >= 0.6 is 23.2 Å². The molecular weight excluding hydrogens is 351 g/mol. The summed E-state index contributed by atoms with van der Waals surface area (Å²) in [5.41, 5.74) is 3.18. The normalized spacial score (nSPS) is 10.9. The predicted octanol–water partition coefficient (Wildman–Crippen LogP) is 3.81. The summed E-state index contributed by atoms with van der Waals surface area (Å²) in [6.07, 6.45) is 5.62. The van der Waals surface area contributed by atoms with E-state index < -0.39 is 5.91 Å². The van der Waals surface area contributed by atoms with Crippen LogP contribution in [0.1, 0.15) is 16.2 Å². The van der Waals surface area contributed by atoms with Gasteiger partial charge in [-0.2, -0.15) is 5.10 Å². The van der Waals surface area contributed by atoms with Gasteiger partial charge in [0, 0.05) is 18.0 Å². The van der Waals surface area contributed by atoms with Crippen molar-refractivity contribution >= 4 is 35.3 Å². The van der Waals surface area contributed by atoms with Gasteiger partial charge >= 0.3 is 0 Å². The Morgan fingerprint density at radius 1 is 1.21 bits per heavy atom. The fourth-order valence-electron chi connectivity index (χ4n) is 1.89. The number of halogens is 2. The topological polar surface area (TPSA) is 80.4 Å². The van der Waals surface area contributed by atoms with Crippen LogP contribution < -0.4 is 5.43 Å². The molecule has 0 saturated heterocycles. The van der Waals surface area contributed by atoms with Crippen molar-refractivity contribution in [3.05, 3.63) is 70.4 Å². The van der Waals surface area contributed by atoms with Gasteiger partial charge in [-0.1, -0.05) is 29.3 Å². The molecule has 3 aromatic rings. The molecule has 120 valence electrons. The van der Waals surface area contributed by atoms with Crippen LogP contribution in [-0.2, 0) is 0 Å². The van der Waals surface area contributed by atoms with Gasteiger partial charge in [-0.05, 0) is 24.3 Å². The quantitative estimate of drug-likeness (QED) is 0.566. The maximum Gasteiger partial charge on any atom is 0.291 e. The average molecular weight is 361 g/mol. The fraction of sp³-hybridized carbons (Fsp3) is 0. The van der Waals surface area contributed by atoms with Gasteiger partial charge in [0.1, 0.15) is 17.2 Å². The number of hydrogen-bond acceptors (Lipinski definition) is 5. The predicted molar refractivity (Wildman–Crippen MR) is 91.3 cm³/mol. The second-order valence-corrected chi connectivity index (χ2v) is 5.38. The molecule has 0 aliphatic carbocycles. The number of rotatable bonds is 4. The summed E-state index contributed by atoms with van der Waals surface area (Å²) in [6, 6.07) is 8.71. The number of carbonyl (C=O) groups excluding carboxylic acids is 1. The van der Waals surface area contributed by atoms with E-state index in [4.69, 9.17) is 27.6 Å². The van der Waals surface area contributed by atoms with Crippen LogP contribution in [0.25, 0.3) is 11.3 Å². The van der Waals surface area contributed by atoms with E-state index in [1.54, 1.807) is 30.3 Å². The molecule has 0 bridgehead atoms. The maximum atomic E-state index is 11.8. The van der Waals surface area contributed by atoms with Gasteiger partial charge in [-0.25, -0.2) is 10.4 Å². The summed E-state index contributed by atoms with van der Waals surface area (Å²) in [6.45, 7) is 0. The van der Waals surface area contributed by atoms with Crippen molar-refractivity contribution in [3.8, 4) is 11.3 Å². The number of nitrogens with one attached hydrogen (secondary N) is 1. The summed E-state index contributed by atoms with van der Waals surface area (Å²) < 4.78 is 5.62. The summed E-state index contributed by atoms with van der Waals surface area (Å²) in [5, 5.41) is 4.67. The lowest BCUT2D eigenvalue weighted by Gasteiger charge is -2.01. The van der Waals surface area contributed by atoms with Gasteiger partial charge < -0.3 is 4.42 Å². The molecule has 0 aliphatic heterocycles. The van der Waals surface area contributed by atoms with E-state index in [9.17, 15) is 4.79 Å². The molecule has 1 N–H and O–H groups in total. The summed E-state index contributed by atoms with van der Waals surface area (Å²) in [7, 11) is 0. The van der Waals surface area contributed by atoms with Crippen LogP contribution in [0.15, 0.2) is 58.4 Å². The average Bonchev–Trinajstić information content (AvgIpc) is 3.06. The number of carbonyl (C=O) groups is 1. The van der Waals surface area contributed by atoms with Crippen molar-refractivity contribution in [3.63, 3.8) is 0 Å². The Morgan fingerprint density at radius 2 is 2.08 bits per heavy atom. The van der Waals surface area contributed by atoms with Gasteiger partial charge in [0.25, 0.3) is 5.91 Å². The lowest BCUT2D eigenvalue weighted by molar-refractivity contribution is 0.0949. The van der Waals surface area contributed by atoms with E-state index in [1.807, 2.05) is 0 Å². The second-order valence-electron chi connectivity index (χ2n) is 4.59. The third kappa shape index (κ3) is 3.61. The molecule has 3 rings (SSSR count). The number of furan rings is 1. The number of nitrogens with zero attached hydrogens (tertiary/aromatic N) is 3. The van der Waals surface area contributed by atoms with E-state index in [0.29, 0.717) is 27.1 Å².